The lowest BCUT2D eigenvalue weighted by Crippen LogP contribution is -2.45. The third kappa shape index (κ3) is 13.4. The summed E-state index contributed by atoms with van der Waals surface area (Å²) in [5, 5.41) is 9.60. The quantitative estimate of drug-likeness (QED) is 0.177. The highest BCUT2D eigenvalue weighted by molar-refractivity contribution is 7.80. The maximum Gasteiger partial charge on any atom is 0.333 e. The highest BCUT2D eigenvalue weighted by atomic mass is 32.3. The zero-order valence-electron chi connectivity index (χ0n) is 12.5. The van der Waals surface area contributed by atoms with Crippen molar-refractivity contribution >= 4 is 16.4 Å². The molecule has 0 saturated carbocycles. The van der Waals surface area contributed by atoms with Crippen LogP contribution in [-0.4, -0.2) is 69.6 Å². The minimum atomic E-state index is -4.41. The molecule has 0 radical (unpaired) electrons. The van der Waals surface area contributed by atoms with Crippen LogP contribution in [0.1, 0.15) is 13.3 Å². The fourth-order valence-corrected chi connectivity index (χ4v) is 0.768. The van der Waals surface area contributed by atoms with Gasteiger partial charge < -0.3 is 18.9 Å². The molecule has 0 heterocycles. The predicted octanol–water partition coefficient (Wildman–Crippen LogP) is -0.387. The number of rotatable bonds is 6. The van der Waals surface area contributed by atoms with E-state index in [0.29, 0.717) is 16.5 Å². The van der Waals surface area contributed by atoms with Crippen LogP contribution in [0.3, 0.4) is 0 Å². The van der Waals surface area contributed by atoms with Crippen LogP contribution in [0.4, 0.5) is 0 Å². The van der Waals surface area contributed by atoms with E-state index in [9.17, 15) is 22.9 Å². The third-order valence-electron chi connectivity index (χ3n) is 2.06. The first-order valence-corrected chi connectivity index (χ1v) is 6.98. The fraction of sp³-hybridized carbons (Fsp3) is 0.727. The van der Waals surface area contributed by atoms with Gasteiger partial charge in [-0.05, 0) is 6.92 Å². The van der Waals surface area contributed by atoms with E-state index in [1.807, 2.05) is 21.1 Å². The summed E-state index contributed by atoms with van der Waals surface area (Å²) in [5.74, 6) is -0.404. The van der Waals surface area contributed by atoms with Gasteiger partial charge in [0.15, 0.2) is 6.23 Å². The Morgan fingerprint density at radius 1 is 1.40 bits per heavy atom. The van der Waals surface area contributed by atoms with Crippen molar-refractivity contribution in [2.24, 2.45) is 0 Å². The summed E-state index contributed by atoms with van der Waals surface area (Å²) in [6, 6.07) is 0. The lowest BCUT2D eigenvalue weighted by atomic mass is 10.3. The third-order valence-corrected chi connectivity index (χ3v) is 2.46. The summed E-state index contributed by atoms with van der Waals surface area (Å²) in [6.07, 6.45) is -0.0874. The molecule has 9 heteroatoms. The van der Waals surface area contributed by atoms with Crippen molar-refractivity contribution in [1.82, 2.24) is 0 Å². The maximum absolute atomic E-state index is 11.0. The van der Waals surface area contributed by atoms with E-state index in [4.69, 9.17) is 4.74 Å². The van der Waals surface area contributed by atoms with Crippen LogP contribution in [0, 0.1) is 0 Å². The van der Waals surface area contributed by atoms with Crippen molar-refractivity contribution in [3.05, 3.63) is 12.2 Å². The first kappa shape index (κ1) is 21.3. The first-order chi connectivity index (χ1) is 8.81. The highest BCUT2D eigenvalue weighted by Gasteiger charge is 2.20. The lowest BCUT2D eigenvalue weighted by Gasteiger charge is -2.29. The number of hydrogen-bond donors (Lipinski definition) is 1. The van der Waals surface area contributed by atoms with Crippen LogP contribution in [0.15, 0.2) is 12.2 Å². The molecular formula is C11H23NO7S. The summed E-state index contributed by atoms with van der Waals surface area (Å²) in [7, 11) is 2.04. The fourth-order valence-electron chi connectivity index (χ4n) is 0.768. The molecule has 0 bridgehead atoms. The Morgan fingerprint density at radius 3 is 2.05 bits per heavy atom. The number of ether oxygens (including phenoxy) is 1. The molecule has 0 aliphatic heterocycles. The van der Waals surface area contributed by atoms with Gasteiger partial charge in [-0.25, -0.2) is 13.2 Å². The van der Waals surface area contributed by atoms with Gasteiger partial charge in [-0.2, -0.15) is 0 Å². The van der Waals surface area contributed by atoms with Crippen LogP contribution in [0.2, 0.25) is 0 Å². The van der Waals surface area contributed by atoms with E-state index in [0.717, 1.165) is 7.11 Å². The normalized spacial score (nSPS) is 12.9. The van der Waals surface area contributed by atoms with Crippen LogP contribution < -0.4 is 0 Å². The smallest absolute Gasteiger partial charge is 0.333 e. The molecule has 0 rings (SSSR count). The zero-order valence-corrected chi connectivity index (χ0v) is 13.3. The molecule has 0 aromatic rings. The van der Waals surface area contributed by atoms with Crippen molar-refractivity contribution in [2.45, 2.75) is 19.6 Å². The Hall–Kier alpha value is -1.00. The van der Waals surface area contributed by atoms with Gasteiger partial charge in [-0.1, -0.05) is 6.58 Å². The summed E-state index contributed by atoms with van der Waals surface area (Å²) in [4.78, 5) is 11.0. The molecule has 0 saturated heterocycles. The molecule has 0 fully saturated rings. The SMILES string of the molecule is C=C(C)C(=O)OCCC(O)[N+](C)(C)C.COS(=O)(=O)[O-]. The number of quaternary nitrogens is 1. The van der Waals surface area contributed by atoms with E-state index in [1.165, 1.54) is 0 Å². The van der Waals surface area contributed by atoms with Gasteiger partial charge in [0, 0.05) is 5.57 Å². The molecule has 0 aromatic carbocycles. The number of nitrogens with zero attached hydrogens (tertiary/aromatic N) is 1. The minimum absolute atomic E-state index is 0.225. The average Bonchev–Trinajstić information content (AvgIpc) is 2.27. The van der Waals surface area contributed by atoms with Crippen LogP contribution in [0.25, 0.3) is 0 Å². The van der Waals surface area contributed by atoms with Crippen LogP contribution in [-0.2, 0) is 24.1 Å². The monoisotopic (exact) mass is 313 g/mol. The Morgan fingerprint density at radius 2 is 1.80 bits per heavy atom. The van der Waals surface area contributed by atoms with Crippen LogP contribution >= 0.6 is 0 Å². The Balaban J connectivity index is 0. The largest absolute Gasteiger partial charge is 0.726 e. The maximum atomic E-state index is 11.0. The van der Waals surface area contributed by atoms with E-state index < -0.39 is 22.6 Å². The Labute approximate surface area is 120 Å². The number of carbonyl (C=O) groups is 1. The second-order valence-electron chi connectivity index (χ2n) is 4.88. The Kier molecular flexibility index (Phi) is 9.62. The van der Waals surface area contributed by atoms with E-state index >= 15 is 0 Å². The summed E-state index contributed by atoms with van der Waals surface area (Å²) >= 11 is 0. The molecule has 120 valence electrons. The molecule has 8 nitrogen and oxygen atoms in total. The number of hydrogen-bond acceptors (Lipinski definition) is 7. The first-order valence-electron chi connectivity index (χ1n) is 5.64. The molecule has 1 atom stereocenters. The number of aliphatic hydroxyl groups excluding tert-OH is 1. The Bertz CT molecular complexity index is 411. The standard InChI is InChI=1S/C10H20NO3.CH4O4S/c1-8(2)10(13)14-7-6-9(12)11(3,4)5;1-5-6(2,3)4/h9,12H,1,6-7H2,2-5H3;1H3,(H,2,3,4)/q+1;/p-1. The number of aliphatic hydroxyl groups is 1. The molecule has 0 spiro atoms. The van der Waals surface area contributed by atoms with Gasteiger partial charge in [0.1, 0.15) is 0 Å². The highest BCUT2D eigenvalue weighted by Crippen LogP contribution is 2.04. The molecule has 0 amide bonds. The van der Waals surface area contributed by atoms with Crippen molar-refractivity contribution < 1.29 is 36.3 Å². The summed E-state index contributed by atoms with van der Waals surface area (Å²) in [5.41, 5.74) is 0.379. The molecular weight excluding hydrogens is 290 g/mol. The van der Waals surface area contributed by atoms with Gasteiger partial charge in [-0.3, -0.25) is 4.18 Å². The van der Waals surface area contributed by atoms with Gasteiger partial charge in [0.05, 0.1) is 41.3 Å². The van der Waals surface area contributed by atoms with Crippen LogP contribution in [0.5, 0.6) is 0 Å². The summed E-state index contributed by atoms with van der Waals surface area (Å²) < 4.78 is 36.3. The van der Waals surface area contributed by atoms with Gasteiger partial charge in [0.2, 0.25) is 10.4 Å². The van der Waals surface area contributed by atoms with Gasteiger partial charge >= 0.3 is 5.97 Å². The van der Waals surface area contributed by atoms with Crippen molar-refractivity contribution in [2.75, 3.05) is 34.9 Å². The van der Waals surface area contributed by atoms with Gasteiger partial charge in [0.25, 0.3) is 0 Å². The topological polar surface area (TPSA) is 113 Å². The lowest BCUT2D eigenvalue weighted by molar-refractivity contribution is -0.919. The van der Waals surface area contributed by atoms with E-state index in [-0.39, 0.29) is 6.61 Å². The summed E-state index contributed by atoms with van der Waals surface area (Å²) in [6.45, 7) is 5.28. The zero-order chi connectivity index (χ0) is 16.6. The minimum Gasteiger partial charge on any atom is -0.726 e. The second-order valence-corrected chi connectivity index (χ2v) is 6.03. The molecule has 1 unspecified atom stereocenters. The molecule has 20 heavy (non-hydrogen) atoms. The van der Waals surface area contributed by atoms with E-state index in [1.54, 1.807) is 6.92 Å². The molecule has 0 aromatic heterocycles. The van der Waals surface area contributed by atoms with E-state index in [2.05, 4.69) is 10.8 Å². The number of esters is 1. The van der Waals surface area contributed by atoms with Crippen molar-refractivity contribution in [1.29, 1.82) is 0 Å². The average molecular weight is 313 g/mol. The van der Waals surface area contributed by atoms with Crippen molar-refractivity contribution in [3.8, 4) is 0 Å². The molecule has 0 aliphatic carbocycles. The van der Waals surface area contributed by atoms with Gasteiger partial charge in [-0.15, -0.1) is 0 Å². The van der Waals surface area contributed by atoms with Crippen molar-refractivity contribution in [3.63, 3.8) is 0 Å². The second kappa shape index (κ2) is 9.03. The molecule has 1 N–H and O–H groups in total. The number of carbonyl (C=O) groups excluding carboxylic acids is 1. The molecule has 0 aliphatic rings. The predicted molar refractivity (Wildman–Crippen MR) is 71.1 cm³/mol.